The molecular weight excluding hydrogens is 425 g/mol. The fourth-order valence-electron chi connectivity index (χ4n) is 3.12. The van der Waals surface area contributed by atoms with E-state index in [0.29, 0.717) is 18.7 Å². The van der Waals surface area contributed by atoms with Crippen LogP contribution in [0.25, 0.3) is 11.1 Å². The van der Waals surface area contributed by atoms with Gasteiger partial charge in [0.15, 0.2) is 0 Å². The predicted molar refractivity (Wildman–Crippen MR) is 109 cm³/mol. The first-order valence-electron chi connectivity index (χ1n) is 9.56. The Morgan fingerprint density at radius 1 is 1.09 bits per heavy atom. The molecule has 0 aliphatic carbocycles. The van der Waals surface area contributed by atoms with Crippen molar-refractivity contribution in [2.45, 2.75) is 26.1 Å². The zero-order valence-corrected chi connectivity index (χ0v) is 17.0. The normalized spacial score (nSPS) is 12.8. The smallest absolute Gasteiger partial charge is 0.475 e. The Morgan fingerprint density at radius 3 is 2.38 bits per heavy atom. The van der Waals surface area contributed by atoms with E-state index in [1.54, 1.807) is 18.6 Å². The topological polar surface area (TPSA) is 96.3 Å². The first kappa shape index (κ1) is 22.9. The van der Waals surface area contributed by atoms with Crippen molar-refractivity contribution in [2.75, 3.05) is 6.54 Å². The third kappa shape index (κ3) is 5.45. The van der Waals surface area contributed by atoms with E-state index in [-0.39, 0.29) is 5.91 Å². The number of fused-ring (bicyclic) bond motifs is 1. The summed E-state index contributed by atoms with van der Waals surface area (Å²) in [5, 5.41) is 7.12. The van der Waals surface area contributed by atoms with Crippen molar-refractivity contribution in [1.29, 1.82) is 0 Å². The minimum atomic E-state index is -5.08. The van der Waals surface area contributed by atoms with Gasteiger partial charge in [-0.25, -0.2) is 4.79 Å². The Bertz CT molecular complexity index is 1100. The average Bonchev–Trinajstić information content (AvgIpc) is 3.09. The maximum Gasteiger partial charge on any atom is 0.490 e. The van der Waals surface area contributed by atoms with Gasteiger partial charge in [-0.1, -0.05) is 6.07 Å². The molecule has 0 saturated heterocycles. The van der Waals surface area contributed by atoms with Crippen molar-refractivity contribution in [3.8, 4) is 11.1 Å². The van der Waals surface area contributed by atoms with Crippen LogP contribution in [0.5, 0.6) is 0 Å². The third-order valence-electron chi connectivity index (χ3n) is 4.72. The zero-order valence-electron chi connectivity index (χ0n) is 17.0. The standard InChI is InChI=1S/C20H18N4O.C2HF3O2/c1-14-2-3-16(23-12-14)7-11-24-13-18-19(20(24)25)17(6-10-22-18)15-4-8-21-9-5-15;3-2(4,5)1(6)7/h2-6,8-10,12H,7,11,13H2,1H3;(H,6,7). The lowest BCUT2D eigenvalue weighted by Crippen LogP contribution is -2.26. The van der Waals surface area contributed by atoms with Gasteiger partial charge in [0.1, 0.15) is 0 Å². The highest BCUT2D eigenvalue weighted by atomic mass is 19.4. The van der Waals surface area contributed by atoms with Crippen LogP contribution in [0.15, 0.2) is 55.1 Å². The minimum Gasteiger partial charge on any atom is -0.475 e. The van der Waals surface area contributed by atoms with E-state index in [0.717, 1.165) is 34.5 Å². The summed E-state index contributed by atoms with van der Waals surface area (Å²) in [5.74, 6) is -2.71. The Morgan fingerprint density at radius 2 is 1.78 bits per heavy atom. The molecule has 0 atom stereocenters. The Labute approximate surface area is 181 Å². The van der Waals surface area contributed by atoms with E-state index in [2.05, 4.69) is 15.0 Å². The van der Waals surface area contributed by atoms with E-state index >= 15 is 0 Å². The lowest BCUT2D eigenvalue weighted by Gasteiger charge is -2.15. The first-order valence-corrected chi connectivity index (χ1v) is 9.56. The lowest BCUT2D eigenvalue weighted by molar-refractivity contribution is -0.192. The van der Waals surface area contributed by atoms with Crippen LogP contribution in [0.2, 0.25) is 0 Å². The Kier molecular flexibility index (Phi) is 6.82. The predicted octanol–water partition coefficient (Wildman–Crippen LogP) is 3.68. The number of carboxylic acid groups (broad SMARTS) is 1. The molecule has 1 amide bonds. The molecule has 10 heteroatoms. The van der Waals surface area contributed by atoms with E-state index in [1.165, 1.54) is 0 Å². The summed E-state index contributed by atoms with van der Waals surface area (Å²) in [6.07, 6.45) is 2.77. The number of carboxylic acids is 1. The molecule has 0 radical (unpaired) electrons. The third-order valence-corrected chi connectivity index (χ3v) is 4.72. The largest absolute Gasteiger partial charge is 0.490 e. The quantitative estimate of drug-likeness (QED) is 0.660. The van der Waals surface area contributed by atoms with Crippen LogP contribution in [0, 0.1) is 6.92 Å². The second-order valence-corrected chi connectivity index (χ2v) is 7.02. The van der Waals surface area contributed by atoms with Crippen LogP contribution in [0.3, 0.4) is 0 Å². The molecule has 1 N–H and O–H groups in total. The summed E-state index contributed by atoms with van der Waals surface area (Å²) in [7, 11) is 0. The lowest BCUT2D eigenvalue weighted by atomic mass is 10.0. The monoisotopic (exact) mass is 444 g/mol. The Balaban J connectivity index is 0.000000360. The van der Waals surface area contributed by atoms with Crippen LogP contribution < -0.4 is 0 Å². The summed E-state index contributed by atoms with van der Waals surface area (Å²) in [5.41, 5.74) is 5.61. The number of halogens is 3. The molecule has 1 aliphatic heterocycles. The fourth-order valence-corrected chi connectivity index (χ4v) is 3.12. The van der Waals surface area contributed by atoms with Gasteiger partial charge in [-0.2, -0.15) is 13.2 Å². The second kappa shape index (κ2) is 9.54. The SMILES string of the molecule is Cc1ccc(CCN2Cc3nccc(-c4ccncc4)c3C2=O)nc1.O=C(O)C(F)(F)F. The van der Waals surface area contributed by atoms with E-state index in [4.69, 9.17) is 9.90 Å². The summed E-state index contributed by atoms with van der Waals surface area (Å²) < 4.78 is 31.7. The number of carbonyl (C=O) groups excluding carboxylic acids is 1. The molecule has 0 bridgehead atoms. The van der Waals surface area contributed by atoms with Gasteiger partial charge in [-0.3, -0.25) is 19.7 Å². The number of rotatable bonds is 4. The van der Waals surface area contributed by atoms with Gasteiger partial charge >= 0.3 is 12.1 Å². The minimum absolute atomic E-state index is 0.0435. The molecule has 166 valence electrons. The number of pyridine rings is 3. The maximum atomic E-state index is 12.9. The van der Waals surface area contributed by atoms with Crippen molar-refractivity contribution >= 4 is 11.9 Å². The number of alkyl halides is 3. The Hall–Kier alpha value is -3.82. The molecule has 3 aromatic heterocycles. The van der Waals surface area contributed by atoms with Crippen LogP contribution in [0.1, 0.15) is 27.3 Å². The molecule has 0 aromatic carbocycles. The molecule has 0 saturated carbocycles. The molecular formula is C22H19F3N4O3. The number of aryl methyl sites for hydroxylation is 1. The fraction of sp³-hybridized carbons (Fsp3) is 0.227. The first-order chi connectivity index (χ1) is 15.2. The molecule has 32 heavy (non-hydrogen) atoms. The highest BCUT2D eigenvalue weighted by molar-refractivity contribution is 6.03. The summed E-state index contributed by atoms with van der Waals surface area (Å²) >= 11 is 0. The average molecular weight is 444 g/mol. The van der Waals surface area contributed by atoms with Gasteiger partial charge in [0.05, 0.1) is 17.8 Å². The molecule has 0 unspecified atom stereocenters. The van der Waals surface area contributed by atoms with Crippen molar-refractivity contribution in [3.63, 3.8) is 0 Å². The van der Waals surface area contributed by atoms with Crippen molar-refractivity contribution in [1.82, 2.24) is 19.9 Å². The second-order valence-electron chi connectivity index (χ2n) is 7.02. The molecule has 4 rings (SSSR count). The van der Waals surface area contributed by atoms with Crippen LogP contribution in [0.4, 0.5) is 13.2 Å². The molecule has 4 heterocycles. The number of carbonyl (C=O) groups is 2. The van der Waals surface area contributed by atoms with Gasteiger partial charge in [-0.15, -0.1) is 0 Å². The molecule has 0 spiro atoms. The van der Waals surface area contributed by atoms with Crippen molar-refractivity contribution in [3.05, 3.63) is 77.6 Å². The highest BCUT2D eigenvalue weighted by Gasteiger charge is 2.38. The van der Waals surface area contributed by atoms with Gasteiger partial charge in [0.25, 0.3) is 5.91 Å². The number of hydrogen-bond acceptors (Lipinski definition) is 5. The molecule has 7 nitrogen and oxygen atoms in total. The van der Waals surface area contributed by atoms with E-state index < -0.39 is 12.1 Å². The number of nitrogens with zero attached hydrogens (tertiary/aromatic N) is 4. The molecule has 3 aromatic rings. The van der Waals surface area contributed by atoms with Crippen LogP contribution in [-0.4, -0.2) is 49.6 Å². The number of hydrogen-bond donors (Lipinski definition) is 1. The van der Waals surface area contributed by atoms with Gasteiger partial charge in [0, 0.05) is 43.4 Å². The summed E-state index contributed by atoms with van der Waals surface area (Å²) in [6.45, 7) is 3.21. The molecule has 1 aliphatic rings. The summed E-state index contributed by atoms with van der Waals surface area (Å²) in [4.78, 5) is 36.5. The van der Waals surface area contributed by atoms with E-state index in [9.17, 15) is 18.0 Å². The van der Waals surface area contributed by atoms with Crippen LogP contribution >= 0.6 is 0 Å². The van der Waals surface area contributed by atoms with Crippen molar-refractivity contribution in [2.24, 2.45) is 0 Å². The molecule has 0 fully saturated rings. The number of amides is 1. The zero-order chi connectivity index (χ0) is 23.3. The van der Waals surface area contributed by atoms with Gasteiger partial charge in [-0.05, 0) is 47.9 Å². The van der Waals surface area contributed by atoms with Crippen molar-refractivity contribution < 1.29 is 27.9 Å². The maximum absolute atomic E-state index is 12.9. The number of aromatic nitrogens is 3. The van der Waals surface area contributed by atoms with Gasteiger partial charge < -0.3 is 10.0 Å². The van der Waals surface area contributed by atoms with Gasteiger partial charge in [0.2, 0.25) is 0 Å². The number of aliphatic carboxylic acids is 1. The highest BCUT2D eigenvalue weighted by Crippen LogP contribution is 2.31. The summed E-state index contributed by atoms with van der Waals surface area (Å²) in [6, 6.07) is 9.80. The van der Waals surface area contributed by atoms with Crippen LogP contribution in [-0.2, 0) is 17.8 Å². The van der Waals surface area contributed by atoms with E-state index in [1.807, 2.05) is 48.4 Å².